The monoisotopic (exact) mass is 802 g/mol. The highest BCUT2D eigenvalue weighted by Gasteiger charge is 2.24. The summed E-state index contributed by atoms with van der Waals surface area (Å²) in [5, 5.41) is 11.9. The summed E-state index contributed by atoms with van der Waals surface area (Å²) in [4.78, 5) is 10.4. The number of para-hydroxylation sites is 1. The molecule has 0 saturated heterocycles. The van der Waals surface area contributed by atoms with Crippen molar-refractivity contribution in [1.29, 1.82) is 0 Å². The van der Waals surface area contributed by atoms with Gasteiger partial charge in [-0.15, -0.1) is 0 Å². The van der Waals surface area contributed by atoms with Crippen LogP contribution < -0.4 is 0 Å². The Bertz CT molecular complexity index is 3380. The Morgan fingerprint density at radius 2 is 1.10 bits per heavy atom. The van der Waals surface area contributed by atoms with Crippen LogP contribution in [-0.4, -0.2) is 19.6 Å². The van der Waals surface area contributed by atoms with E-state index < -0.39 is 6.85 Å². The molecule has 0 spiro atoms. The predicted molar refractivity (Wildman–Crippen MR) is 258 cm³/mol. The molecule has 0 radical (unpaired) electrons. The molecule has 0 bridgehead atoms. The minimum Gasteiger partial charge on any atom is -0.507 e. The van der Waals surface area contributed by atoms with E-state index in [0.29, 0.717) is 17.0 Å². The topological polar surface area (TPSA) is 50.9 Å². The van der Waals surface area contributed by atoms with Gasteiger partial charge in [0.25, 0.3) is 0 Å². The number of aryl methyl sites for hydroxylation is 4. The normalized spacial score (nSPS) is 12.2. The van der Waals surface area contributed by atoms with Gasteiger partial charge >= 0.3 is 0 Å². The standard InChI is InChI=1S/C58H45N3O/c1-37-23-25-42(26-24-37)45-27-28-59-53(35-45)48-33-46(41-15-8-5-9-16-41)32-47(34-48)49-21-14-22-54-56(49)60-58(52-30-38(2)29-40(4)57(52)62)61(54)55-36-50(43-17-10-6-11-18-43)39(3)31-51(55)44-19-12-7-13-20-44/h5-36,62H,1-4H3/i3D3. The lowest BCUT2D eigenvalue weighted by Gasteiger charge is -2.19. The fraction of sp³-hybridized carbons (Fsp3) is 0.0690. The number of phenolic OH excluding ortho intramolecular Hbond substituents is 1. The average molecular weight is 803 g/mol. The molecule has 0 aliphatic carbocycles. The van der Waals surface area contributed by atoms with Crippen LogP contribution in [0, 0.1) is 27.6 Å². The molecule has 0 saturated carbocycles. The minimum absolute atomic E-state index is 0.130. The highest BCUT2D eigenvalue weighted by molar-refractivity contribution is 5.99. The molecule has 0 atom stereocenters. The zero-order chi connectivity index (χ0) is 44.8. The number of rotatable bonds is 8. The first kappa shape index (κ1) is 35.0. The zero-order valence-corrected chi connectivity index (χ0v) is 34.8. The molecule has 4 heteroatoms. The molecule has 1 N–H and O–H groups in total. The average Bonchev–Trinajstić information content (AvgIpc) is 3.72. The van der Waals surface area contributed by atoms with Gasteiger partial charge in [-0.1, -0.05) is 139 Å². The molecule has 0 aliphatic rings. The molecule has 62 heavy (non-hydrogen) atoms. The second kappa shape index (κ2) is 16.0. The van der Waals surface area contributed by atoms with Crippen LogP contribution in [0.1, 0.15) is 26.4 Å². The molecule has 10 aromatic rings. The third-order valence-corrected chi connectivity index (χ3v) is 11.7. The fourth-order valence-corrected chi connectivity index (χ4v) is 8.61. The first-order valence-electron chi connectivity index (χ1n) is 22.4. The van der Waals surface area contributed by atoms with Crippen LogP contribution in [0.15, 0.2) is 194 Å². The van der Waals surface area contributed by atoms with E-state index >= 15 is 0 Å². The Hall–Kier alpha value is -7.82. The summed E-state index contributed by atoms with van der Waals surface area (Å²) in [6.45, 7) is 3.59. The van der Waals surface area contributed by atoms with Crippen LogP contribution in [0.3, 0.4) is 0 Å². The van der Waals surface area contributed by atoms with Crippen molar-refractivity contribution in [1.82, 2.24) is 14.5 Å². The summed E-state index contributed by atoms with van der Waals surface area (Å²) < 4.78 is 28.4. The van der Waals surface area contributed by atoms with Crippen molar-refractivity contribution in [2.24, 2.45) is 0 Å². The van der Waals surface area contributed by atoms with Gasteiger partial charge in [0.2, 0.25) is 0 Å². The van der Waals surface area contributed by atoms with E-state index in [2.05, 4.69) is 96.4 Å². The summed E-state index contributed by atoms with van der Waals surface area (Å²) in [5.74, 6) is 0.659. The lowest BCUT2D eigenvalue weighted by molar-refractivity contribution is 0.472. The van der Waals surface area contributed by atoms with Gasteiger partial charge in [-0.2, -0.15) is 0 Å². The van der Waals surface area contributed by atoms with Gasteiger partial charge in [0.1, 0.15) is 11.6 Å². The largest absolute Gasteiger partial charge is 0.507 e. The molecular weight excluding hydrogens is 755 g/mol. The second-order valence-corrected chi connectivity index (χ2v) is 16.0. The summed E-state index contributed by atoms with van der Waals surface area (Å²) in [5.41, 5.74) is 16.8. The van der Waals surface area contributed by atoms with Gasteiger partial charge in [-0.05, 0) is 143 Å². The Morgan fingerprint density at radius 1 is 0.452 bits per heavy atom. The number of aromatic hydroxyl groups is 1. The Balaban J connectivity index is 1.28. The van der Waals surface area contributed by atoms with Crippen molar-refractivity contribution in [2.45, 2.75) is 27.6 Å². The number of hydrogen-bond donors (Lipinski definition) is 1. The van der Waals surface area contributed by atoms with Crippen LogP contribution in [0.5, 0.6) is 5.75 Å². The smallest absolute Gasteiger partial charge is 0.149 e. The number of nitrogens with zero attached hydrogens (tertiary/aromatic N) is 3. The van der Waals surface area contributed by atoms with E-state index in [-0.39, 0.29) is 11.3 Å². The van der Waals surface area contributed by atoms with Gasteiger partial charge in [0, 0.05) is 27.0 Å². The summed E-state index contributed by atoms with van der Waals surface area (Å²) >= 11 is 0. The predicted octanol–water partition coefficient (Wildman–Crippen LogP) is 15.0. The third kappa shape index (κ3) is 7.16. The second-order valence-electron chi connectivity index (χ2n) is 16.0. The Kier molecular flexibility index (Phi) is 9.02. The van der Waals surface area contributed by atoms with Gasteiger partial charge < -0.3 is 5.11 Å². The van der Waals surface area contributed by atoms with Crippen molar-refractivity contribution in [3.8, 4) is 89.7 Å². The summed E-state index contributed by atoms with van der Waals surface area (Å²) in [6, 6.07) is 63.2. The Morgan fingerprint density at radius 3 is 1.81 bits per heavy atom. The van der Waals surface area contributed by atoms with Crippen molar-refractivity contribution < 1.29 is 9.22 Å². The molecule has 298 valence electrons. The van der Waals surface area contributed by atoms with E-state index in [1.807, 2.05) is 123 Å². The van der Waals surface area contributed by atoms with Crippen molar-refractivity contribution >= 4 is 11.0 Å². The van der Waals surface area contributed by atoms with E-state index in [9.17, 15) is 5.11 Å². The van der Waals surface area contributed by atoms with E-state index in [1.165, 1.54) is 5.56 Å². The third-order valence-electron chi connectivity index (χ3n) is 11.7. The lowest BCUT2D eigenvalue weighted by Crippen LogP contribution is -2.03. The maximum absolute atomic E-state index is 11.9. The van der Waals surface area contributed by atoms with Gasteiger partial charge in [-0.3, -0.25) is 9.55 Å². The molecule has 0 unspecified atom stereocenters. The highest BCUT2D eigenvalue weighted by Crippen LogP contribution is 2.44. The number of benzene rings is 8. The van der Waals surface area contributed by atoms with Gasteiger partial charge in [-0.25, -0.2) is 4.98 Å². The number of fused-ring (bicyclic) bond motifs is 1. The number of hydrogen-bond acceptors (Lipinski definition) is 3. The maximum Gasteiger partial charge on any atom is 0.149 e. The van der Waals surface area contributed by atoms with Crippen LogP contribution in [0.4, 0.5) is 0 Å². The van der Waals surface area contributed by atoms with Crippen LogP contribution in [-0.2, 0) is 0 Å². The minimum atomic E-state index is -2.41. The molecule has 8 aromatic carbocycles. The fourth-order valence-electron chi connectivity index (χ4n) is 8.61. The van der Waals surface area contributed by atoms with Crippen molar-refractivity contribution in [3.63, 3.8) is 0 Å². The molecular formula is C58H45N3O. The quantitative estimate of drug-likeness (QED) is 0.166. The summed E-state index contributed by atoms with van der Waals surface area (Å²) in [6.07, 6.45) is 1.87. The zero-order valence-electron chi connectivity index (χ0n) is 37.8. The molecule has 10 rings (SSSR count). The molecule has 0 amide bonds. The van der Waals surface area contributed by atoms with E-state index in [4.69, 9.17) is 14.1 Å². The van der Waals surface area contributed by atoms with E-state index in [1.54, 1.807) is 0 Å². The highest BCUT2D eigenvalue weighted by atomic mass is 16.3. The van der Waals surface area contributed by atoms with Gasteiger partial charge in [0.05, 0.1) is 28.0 Å². The molecule has 2 heterocycles. The SMILES string of the molecule is [2H]C([2H])([2H])c1cc(-c2ccccc2)c(-n2c(-c3cc(C)cc(C)c3O)nc3c(-c4cc(-c5ccccc5)cc(-c5cc(-c6ccc(C)cc6)ccn5)c4)cccc32)cc1-c1ccccc1. The van der Waals surface area contributed by atoms with Crippen molar-refractivity contribution in [3.05, 3.63) is 217 Å². The van der Waals surface area contributed by atoms with Crippen LogP contribution in [0.2, 0.25) is 0 Å². The lowest BCUT2D eigenvalue weighted by atomic mass is 9.93. The maximum atomic E-state index is 11.9. The molecule has 0 aliphatic heterocycles. The first-order valence-corrected chi connectivity index (χ1v) is 20.9. The van der Waals surface area contributed by atoms with Crippen molar-refractivity contribution in [2.75, 3.05) is 0 Å². The van der Waals surface area contributed by atoms with Gasteiger partial charge in [0.15, 0.2) is 0 Å². The van der Waals surface area contributed by atoms with Crippen LogP contribution >= 0.6 is 0 Å². The molecule has 2 aromatic heterocycles. The number of phenols is 1. The van der Waals surface area contributed by atoms with E-state index in [0.717, 1.165) is 89.2 Å². The summed E-state index contributed by atoms with van der Waals surface area (Å²) in [7, 11) is 0. The van der Waals surface area contributed by atoms with Crippen LogP contribution in [0.25, 0.3) is 95.0 Å². The molecule has 4 nitrogen and oxygen atoms in total. The number of aromatic nitrogens is 3. The molecule has 0 fully saturated rings. The number of imidazole rings is 1. The first-order chi connectivity index (χ1) is 31.5. The Labute approximate surface area is 367 Å². The number of pyridine rings is 1.